The Labute approximate surface area is 127 Å². The van der Waals surface area contributed by atoms with Crippen LogP contribution < -0.4 is 5.32 Å². The summed E-state index contributed by atoms with van der Waals surface area (Å²) in [5.41, 5.74) is -0.168. The number of anilines is 1. The Kier molecular flexibility index (Phi) is 4.48. The molecule has 0 fully saturated rings. The van der Waals surface area contributed by atoms with Crippen molar-refractivity contribution in [2.75, 3.05) is 5.32 Å². The fourth-order valence-electron chi connectivity index (χ4n) is 2.09. The van der Waals surface area contributed by atoms with Crippen molar-refractivity contribution >= 4 is 23.3 Å². The van der Waals surface area contributed by atoms with Crippen LogP contribution >= 0.6 is 11.6 Å². The maximum Gasteiger partial charge on any atom is 0.329 e. The molecule has 21 heavy (non-hydrogen) atoms. The van der Waals surface area contributed by atoms with Crippen LogP contribution in [-0.4, -0.2) is 16.6 Å². The molecule has 0 aliphatic carbocycles. The maximum absolute atomic E-state index is 13.2. The van der Waals surface area contributed by atoms with Crippen LogP contribution in [0.25, 0.3) is 0 Å². The number of rotatable bonds is 5. The summed E-state index contributed by atoms with van der Waals surface area (Å²) in [5.74, 6) is -1.43. The molecule has 0 bridgehead atoms. The maximum atomic E-state index is 13.2. The van der Waals surface area contributed by atoms with Gasteiger partial charge in [0.25, 0.3) is 0 Å². The van der Waals surface area contributed by atoms with Gasteiger partial charge in [-0.3, -0.25) is 0 Å². The third-order valence-electron chi connectivity index (χ3n) is 3.20. The Bertz CT molecular complexity index is 662. The lowest BCUT2D eigenvalue weighted by atomic mass is 9.92. The Morgan fingerprint density at radius 2 is 2.00 bits per heavy atom. The number of hydrogen-bond donors (Lipinski definition) is 2. The third kappa shape index (κ3) is 3.73. The summed E-state index contributed by atoms with van der Waals surface area (Å²) in [7, 11) is 0. The van der Waals surface area contributed by atoms with Crippen molar-refractivity contribution in [1.29, 1.82) is 0 Å². The molecule has 3 nitrogen and oxygen atoms in total. The highest BCUT2D eigenvalue weighted by molar-refractivity contribution is 6.33. The molecule has 2 aromatic carbocycles. The van der Waals surface area contributed by atoms with Crippen molar-refractivity contribution in [3.8, 4) is 0 Å². The minimum atomic E-state index is -1.29. The van der Waals surface area contributed by atoms with E-state index in [1.807, 2.05) is 0 Å². The number of aliphatic carboxylic acids is 1. The van der Waals surface area contributed by atoms with Gasteiger partial charge >= 0.3 is 5.97 Å². The molecule has 0 spiro atoms. The van der Waals surface area contributed by atoms with Crippen molar-refractivity contribution in [2.45, 2.75) is 18.9 Å². The van der Waals surface area contributed by atoms with Crippen LogP contribution in [0.15, 0.2) is 48.5 Å². The molecular weight excluding hydrogens is 293 g/mol. The quantitative estimate of drug-likeness (QED) is 0.878. The van der Waals surface area contributed by atoms with Gasteiger partial charge < -0.3 is 10.4 Å². The fraction of sp³-hybridized carbons (Fsp3) is 0.188. The summed E-state index contributed by atoms with van der Waals surface area (Å²) >= 11 is 6.05. The van der Waals surface area contributed by atoms with Crippen molar-refractivity contribution in [1.82, 2.24) is 0 Å². The largest absolute Gasteiger partial charge is 0.480 e. The molecule has 1 unspecified atom stereocenters. The van der Waals surface area contributed by atoms with Gasteiger partial charge in [-0.15, -0.1) is 0 Å². The topological polar surface area (TPSA) is 49.3 Å². The predicted octanol–water partition coefficient (Wildman–Crippen LogP) is 3.98. The van der Waals surface area contributed by atoms with Crippen molar-refractivity contribution in [3.63, 3.8) is 0 Å². The molecular formula is C16H15ClFNO2. The Morgan fingerprint density at radius 1 is 1.29 bits per heavy atom. The second-order valence-electron chi connectivity index (χ2n) is 5.05. The Hall–Kier alpha value is -2.07. The molecule has 2 aromatic rings. The molecule has 2 N–H and O–H groups in total. The predicted molar refractivity (Wildman–Crippen MR) is 81.2 cm³/mol. The number of carboxylic acids is 1. The van der Waals surface area contributed by atoms with E-state index in [0.717, 1.165) is 0 Å². The summed E-state index contributed by atoms with van der Waals surface area (Å²) < 4.78 is 13.2. The highest BCUT2D eigenvalue weighted by atomic mass is 35.5. The van der Waals surface area contributed by atoms with Gasteiger partial charge in [0.15, 0.2) is 0 Å². The standard InChI is InChI=1S/C16H15ClFNO2/c1-16(15(20)21,10-11-5-4-6-12(18)9-11)19-14-8-3-2-7-13(14)17/h2-9,19H,10H2,1H3,(H,20,21). The first kappa shape index (κ1) is 15.3. The molecule has 0 aliphatic rings. The van der Waals surface area contributed by atoms with Gasteiger partial charge in [0.1, 0.15) is 11.4 Å². The van der Waals surface area contributed by atoms with Crippen molar-refractivity contribution < 1.29 is 14.3 Å². The lowest BCUT2D eigenvalue weighted by Crippen LogP contribution is -2.45. The van der Waals surface area contributed by atoms with E-state index >= 15 is 0 Å². The SMILES string of the molecule is CC(Cc1cccc(F)c1)(Nc1ccccc1Cl)C(=O)O. The van der Waals surface area contributed by atoms with Crippen LogP contribution in [0.1, 0.15) is 12.5 Å². The number of nitrogens with one attached hydrogen (secondary N) is 1. The van der Waals surface area contributed by atoms with Crippen LogP contribution in [-0.2, 0) is 11.2 Å². The van der Waals surface area contributed by atoms with Gasteiger partial charge in [-0.05, 0) is 36.8 Å². The summed E-state index contributed by atoms with van der Waals surface area (Å²) in [6, 6.07) is 12.8. The lowest BCUT2D eigenvalue weighted by Gasteiger charge is -2.28. The molecule has 0 aliphatic heterocycles. The van der Waals surface area contributed by atoms with Gasteiger partial charge in [0, 0.05) is 6.42 Å². The summed E-state index contributed by atoms with van der Waals surface area (Å²) in [5, 5.41) is 12.9. The highest BCUT2D eigenvalue weighted by Crippen LogP contribution is 2.26. The van der Waals surface area contributed by atoms with E-state index in [9.17, 15) is 14.3 Å². The molecule has 2 rings (SSSR count). The van der Waals surface area contributed by atoms with Gasteiger partial charge in [0.05, 0.1) is 10.7 Å². The van der Waals surface area contributed by atoms with E-state index in [-0.39, 0.29) is 6.42 Å². The van der Waals surface area contributed by atoms with Crippen LogP contribution in [0.4, 0.5) is 10.1 Å². The monoisotopic (exact) mass is 307 g/mol. The smallest absolute Gasteiger partial charge is 0.329 e. The van der Waals surface area contributed by atoms with Crippen LogP contribution in [0.2, 0.25) is 5.02 Å². The first-order chi connectivity index (χ1) is 9.90. The Balaban J connectivity index is 2.29. The fourth-order valence-corrected chi connectivity index (χ4v) is 2.27. The first-order valence-corrected chi connectivity index (χ1v) is 6.79. The molecule has 0 saturated heterocycles. The van der Waals surface area contributed by atoms with Crippen LogP contribution in [0.3, 0.4) is 0 Å². The molecule has 0 amide bonds. The zero-order chi connectivity index (χ0) is 15.5. The van der Waals surface area contributed by atoms with E-state index in [0.29, 0.717) is 16.3 Å². The van der Waals surface area contributed by atoms with Gasteiger partial charge in [-0.25, -0.2) is 9.18 Å². The van der Waals surface area contributed by atoms with Crippen LogP contribution in [0, 0.1) is 5.82 Å². The average molecular weight is 308 g/mol. The molecule has 0 aromatic heterocycles. The minimum absolute atomic E-state index is 0.130. The molecule has 5 heteroatoms. The van der Waals surface area contributed by atoms with Gasteiger partial charge in [-0.2, -0.15) is 0 Å². The van der Waals surface area contributed by atoms with Crippen LogP contribution in [0.5, 0.6) is 0 Å². The second kappa shape index (κ2) is 6.14. The lowest BCUT2D eigenvalue weighted by molar-refractivity contribution is -0.141. The summed E-state index contributed by atoms with van der Waals surface area (Å²) in [4.78, 5) is 11.6. The van der Waals surface area contributed by atoms with Gasteiger partial charge in [0.2, 0.25) is 0 Å². The van der Waals surface area contributed by atoms with E-state index < -0.39 is 17.3 Å². The molecule has 1 atom stereocenters. The van der Waals surface area contributed by atoms with E-state index in [4.69, 9.17) is 11.6 Å². The summed E-state index contributed by atoms with van der Waals surface area (Å²) in [6.45, 7) is 1.55. The third-order valence-corrected chi connectivity index (χ3v) is 3.53. The minimum Gasteiger partial charge on any atom is -0.480 e. The number of benzene rings is 2. The Morgan fingerprint density at radius 3 is 2.62 bits per heavy atom. The molecule has 0 saturated carbocycles. The van der Waals surface area contributed by atoms with E-state index in [1.165, 1.54) is 12.1 Å². The summed E-state index contributed by atoms with van der Waals surface area (Å²) in [6.07, 6.45) is 0.130. The molecule has 0 heterocycles. The molecule has 0 radical (unpaired) electrons. The number of hydrogen-bond acceptors (Lipinski definition) is 2. The second-order valence-corrected chi connectivity index (χ2v) is 5.46. The zero-order valence-electron chi connectivity index (χ0n) is 11.4. The highest BCUT2D eigenvalue weighted by Gasteiger charge is 2.33. The van der Waals surface area contributed by atoms with E-state index in [2.05, 4.69) is 5.32 Å². The number of para-hydroxylation sites is 1. The number of halogens is 2. The number of carboxylic acid groups (broad SMARTS) is 1. The average Bonchev–Trinajstić information content (AvgIpc) is 2.41. The first-order valence-electron chi connectivity index (χ1n) is 6.41. The molecule has 110 valence electrons. The van der Waals surface area contributed by atoms with Crippen molar-refractivity contribution in [2.24, 2.45) is 0 Å². The number of carbonyl (C=O) groups is 1. The van der Waals surface area contributed by atoms with Gasteiger partial charge in [-0.1, -0.05) is 35.9 Å². The van der Waals surface area contributed by atoms with Crippen molar-refractivity contribution in [3.05, 3.63) is 64.9 Å². The normalized spacial score (nSPS) is 13.5. The zero-order valence-corrected chi connectivity index (χ0v) is 12.2. The van der Waals surface area contributed by atoms with E-state index in [1.54, 1.807) is 43.3 Å².